The first kappa shape index (κ1) is 15.4. The summed E-state index contributed by atoms with van der Waals surface area (Å²) in [7, 11) is 1.58. The van der Waals surface area contributed by atoms with Crippen LogP contribution < -0.4 is 10.1 Å². The van der Waals surface area contributed by atoms with Crippen LogP contribution in [0.4, 0.5) is 5.69 Å². The first-order chi connectivity index (χ1) is 11.2. The molecule has 0 saturated carbocycles. The highest BCUT2D eigenvalue weighted by atomic mass is 16.5. The average molecular weight is 317 g/mol. The maximum absolute atomic E-state index is 12.1. The van der Waals surface area contributed by atoms with E-state index in [4.69, 9.17) is 9.47 Å². The molecular formula is C15H19N5O3. The lowest BCUT2D eigenvalue weighted by atomic mass is 10.0. The Hall–Kier alpha value is -2.48. The normalized spacial score (nSPS) is 17.2. The van der Waals surface area contributed by atoms with Crippen molar-refractivity contribution in [1.29, 1.82) is 0 Å². The largest absolute Gasteiger partial charge is 0.494 e. The Morgan fingerprint density at radius 2 is 2.39 bits per heavy atom. The molecule has 1 aliphatic rings. The third kappa shape index (κ3) is 3.48. The van der Waals surface area contributed by atoms with Crippen LogP contribution >= 0.6 is 0 Å². The van der Waals surface area contributed by atoms with E-state index in [9.17, 15) is 4.79 Å². The third-order valence-electron chi connectivity index (χ3n) is 3.81. The molecule has 2 aromatic rings. The molecule has 1 fully saturated rings. The molecule has 23 heavy (non-hydrogen) atoms. The fraction of sp³-hybridized carbons (Fsp3) is 0.467. The molecule has 1 unspecified atom stereocenters. The number of aromatic nitrogens is 4. The van der Waals surface area contributed by atoms with E-state index in [1.807, 2.05) is 0 Å². The van der Waals surface area contributed by atoms with Crippen LogP contribution in [-0.4, -0.2) is 46.4 Å². The van der Waals surface area contributed by atoms with Crippen LogP contribution in [-0.2, 0) is 9.53 Å². The van der Waals surface area contributed by atoms with Gasteiger partial charge in [-0.1, -0.05) is 0 Å². The van der Waals surface area contributed by atoms with E-state index in [2.05, 4.69) is 20.8 Å². The molecule has 8 nitrogen and oxygen atoms in total. The molecule has 1 N–H and O–H groups in total. The second-order valence-electron chi connectivity index (χ2n) is 5.51. The van der Waals surface area contributed by atoms with Crippen molar-refractivity contribution in [2.75, 3.05) is 25.6 Å². The molecule has 8 heteroatoms. The minimum atomic E-state index is -0.0231. The number of nitrogens with zero attached hydrogens (tertiary/aromatic N) is 4. The van der Waals surface area contributed by atoms with Gasteiger partial charge in [-0.05, 0) is 47.9 Å². The number of tetrazole rings is 1. The molecule has 1 aromatic heterocycles. The molecule has 3 rings (SSSR count). The van der Waals surface area contributed by atoms with Crippen LogP contribution in [0.1, 0.15) is 18.7 Å². The van der Waals surface area contributed by atoms with Gasteiger partial charge in [0.1, 0.15) is 11.4 Å². The summed E-state index contributed by atoms with van der Waals surface area (Å²) in [6, 6.07) is 5.38. The molecule has 1 aliphatic heterocycles. The Morgan fingerprint density at radius 1 is 1.52 bits per heavy atom. The Bertz CT molecular complexity index is 694. The lowest BCUT2D eigenvalue weighted by Gasteiger charge is -2.12. The Morgan fingerprint density at radius 3 is 3.04 bits per heavy atom. The van der Waals surface area contributed by atoms with E-state index < -0.39 is 0 Å². The number of aryl methyl sites for hydroxylation is 1. The number of rotatable bonds is 5. The fourth-order valence-electron chi connectivity index (χ4n) is 2.61. The maximum Gasteiger partial charge on any atom is 0.224 e. The summed E-state index contributed by atoms with van der Waals surface area (Å²) in [5, 5.41) is 14.4. The van der Waals surface area contributed by atoms with Gasteiger partial charge in [-0.3, -0.25) is 4.79 Å². The number of anilines is 1. The number of nitrogens with one attached hydrogen (secondary N) is 1. The molecule has 0 aliphatic carbocycles. The van der Waals surface area contributed by atoms with E-state index >= 15 is 0 Å². The SMILES string of the molecule is COc1ccc(NC(=O)CC2CCOC2)cc1-n1nnnc1C. The summed E-state index contributed by atoms with van der Waals surface area (Å²) >= 11 is 0. The van der Waals surface area contributed by atoms with Crippen molar-refractivity contribution < 1.29 is 14.3 Å². The van der Waals surface area contributed by atoms with E-state index in [-0.39, 0.29) is 5.91 Å². The highest BCUT2D eigenvalue weighted by molar-refractivity contribution is 5.91. The van der Waals surface area contributed by atoms with Crippen LogP contribution in [0.15, 0.2) is 18.2 Å². The third-order valence-corrected chi connectivity index (χ3v) is 3.81. The highest BCUT2D eigenvalue weighted by Gasteiger charge is 2.19. The van der Waals surface area contributed by atoms with Crippen molar-refractivity contribution in [1.82, 2.24) is 20.2 Å². The van der Waals surface area contributed by atoms with Gasteiger partial charge in [0.2, 0.25) is 5.91 Å². The number of methoxy groups -OCH3 is 1. The van der Waals surface area contributed by atoms with Crippen molar-refractivity contribution >= 4 is 11.6 Å². The highest BCUT2D eigenvalue weighted by Crippen LogP contribution is 2.27. The number of ether oxygens (including phenoxy) is 2. The van der Waals surface area contributed by atoms with Gasteiger partial charge in [0, 0.05) is 25.3 Å². The van der Waals surface area contributed by atoms with Gasteiger partial charge in [-0.15, -0.1) is 5.10 Å². The van der Waals surface area contributed by atoms with Gasteiger partial charge >= 0.3 is 0 Å². The predicted molar refractivity (Wildman–Crippen MR) is 82.6 cm³/mol. The Labute approximate surface area is 133 Å². The van der Waals surface area contributed by atoms with Crippen LogP contribution in [0, 0.1) is 12.8 Å². The number of hydrogen-bond donors (Lipinski definition) is 1. The standard InChI is InChI=1S/C15H19N5O3/c1-10-17-18-19-20(10)13-8-12(3-4-14(13)22-2)16-15(21)7-11-5-6-23-9-11/h3-4,8,11H,5-7,9H2,1-2H3,(H,16,21). The smallest absolute Gasteiger partial charge is 0.224 e. The van der Waals surface area contributed by atoms with Crippen molar-refractivity contribution in [3.8, 4) is 11.4 Å². The van der Waals surface area contributed by atoms with Gasteiger partial charge in [0.25, 0.3) is 0 Å². The molecule has 1 saturated heterocycles. The minimum absolute atomic E-state index is 0.0231. The van der Waals surface area contributed by atoms with E-state index in [0.29, 0.717) is 41.9 Å². The van der Waals surface area contributed by atoms with Crippen LogP contribution in [0.25, 0.3) is 5.69 Å². The molecule has 0 bridgehead atoms. The molecular weight excluding hydrogens is 298 g/mol. The van der Waals surface area contributed by atoms with E-state index in [1.165, 1.54) is 0 Å². The minimum Gasteiger partial charge on any atom is -0.494 e. The summed E-state index contributed by atoms with van der Waals surface area (Å²) in [4.78, 5) is 12.1. The first-order valence-corrected chi connectivity index (χ1v) is 7.48. The van der Waals surface area contributed by atoms with E-state index in [1.54, 1.807) is 36.9 Å². The monoisotopic (exact) mass is 317 g/mol. The lowest BCUT2D eigenvalue weighted by Crippen LogP contribution is -2.17. The number of carbonyl (C=O) groups is 1. The lowest BCUT2D eigenvalue weighted by molar-refractivity contribution is -0.117. The van der Waals surface area contributed by atoms with Crippen molar-refractivity contribution in [2.24, 2.45) is 5.92 Å². The molecule has 122 valence electrons. The zero-order valence-electron chi connectivity index (χ0n) is 13.2. The number of amides is 1. The van der Waals surface area contributed by atoms with E-state index in [0.717, 1.165) is 13.0 Å². The summed E-state index contributed by atoms with van der Waals surface area (Å²) in [6.45, 7) is 3.19. The zero-order chi connectivity index (χ0) is 16.2. The van der Waals surface area contributed by atoms with Gasteiger partial charge in [-0.25, -0.2) is 0 Å². The van der Waals surface area contributed by atoms with Gasteiger partial charge in [0.05, 0.1) is 7.11 Å². The number of hydrogen-bond acceptors (Lipinski definition) is 6. The zero-order valence-corrected chi connectivity index (χ0v) is 13.2. The van der Waals surface area contributed by atoms with Crippen LogP contribution in [0.5, 0.6) is 5.75 Å². The molecule has 1 aromatic carbocycles. The maximum atomic E-state index is 12.1. The fourth-order valence-corrected chi connectivity index (χ4v) is 2.61. The predicted octanol–water partition coefficient (Wildman–Crippen LogP) is 1.34. The van der Waals surface area contributed by atoms with Crippen molar-refractivity contribution in [2.45, 2.75) is 19.8 Å². The Balaban J connectivity index is 1.78. The van der Waals surface area contributed by atoms with Gasteiger partial charge in [0.15, 0.2) is 5.82 Å². The van der Waals surface area contributed by atoms with Crippen molar-refractivity contribution in [3.63, 3.8) is 0 Å². The number of carbonyl (C=O) groups excluding carboxylic acids is 1. The summed E-state index contributed by atoms with van der Waals surface area (Å²) in [6.07, 6.45) is 1.40. The molecule has 2 heterocycles. The molecule has 0 spiro atoms. The topological polar surface area (TPSA) is 91.2 Å². The quantitative estimate of drug-likeness (QED) is 0.895. The summed E-state index contributed by atoms with van der Waals surface area (Å²) < 4.78 is 12.2. The second kappa shape index (κ2) is 6.74. The van der Waals surface area contributed by atoms with Crippen molar-refractivity contribution in [3.05, 3.63) is 24.0 Å². The second-order valence-corrected chi connectivity index (χ2v) is 5.51. The Kier molecular flexibility index (Phi) is 4.52. The van der Waals surface area contributed by atoms with Crippen LogP contribution in [0.3, 0.4) is 0 Å². The van der Waals surface area contributed by atoms with Gasteiger partial charge < -0.3 is 14.8 Å². The van der Waals surface area contributed by atoms with Crippen LogP contribution in [0.2, 0.25) is 0 Å². The average Bonchev–Trinajstić information content (AvgIpc) is 3.18. The number of benzene rings is 1. The molecule has 1 amide bonds. The summed E-state index contributed by atoms with van der Waals surface area (Å²) in [5.41, 5.74) is 1.36. The molecule has 1 atom stereocenters. The molecule has 0 radical (unpaired) electrons. The first-order valence-electron chi connectivity index (χ1n) is 7.48. The summed E-state index contributed by atoms with van der Waals surface area (Å²) in [5.74, 6) is 1.54. The van der Waals surface area contributed by atoms with Gasteiger partial charge in [-0.2, -0.15) is 4.68 Å².